The molecule has 110 valence electrons. The summed E-state index contributed by atoms with van der Waals surface area (Å²) in [5, 5.41) is 7.22. The average molecular weight is 317 g/mol. The van der Waals surface area contributed by atoms with Gasteiger partial charge >= 0.3 is 0 Å². The minimum atomic E-state index is -0.0776. The third-order valence-electron chi connectivity index (χ3n) is 3.35. The Bertz CT molecular complexity index is 482. The van der Waals surface area contributed by atoms with Crippen molar-refractivity contribution >= 4 is 29.1 Å². The Kier molecular flexibility index (Phi) is 5.66. The molecule has 2 atom stereocenters. The van der Waals surface area contributed by atoms with E-state index in [1.165, 1.54) is 6.92 Å². The smallest absolute Gasteiger partial charge is 0.216 e. The van der Waals surface area contributed by atoms with Crippen LogP contribution in [-0.2, 0) is 9.53 Å². The first kappa shape index (κ1) is 15.6. The van der Waals surface area contributed by atoms with Gasteiger partial charge in [0.1, 0.15) is 0 Å². The average Bonchev–Trinajstić information content (AvgIpc) is 2.65. The van der Waals surface area contributed by atoms with Gasteiger partial charge in [0.15, 0.2) is 0 Å². The normalized spacial score (nSPS) is 23.1. The van der Waals surface area contributed by atoms with Gasteiger partial charge in [0.2, 0.25) is 5.91 Å². The molecule has 1 heterocycles. The number of carbonyl (C=O) groups excluding carboxylic acids is 1. The number of carbonyl (C=O) groups is 1. The Hall–Kier alpha value is -0.810. The molecule has 0 aliphatic carbocycles. The summed E-state index contributed by atoms with van der Waals surface area (Å²) in [6.07, 6.45) is -0.0776. The number of hydrogen-bond donors (Lipinski definition) is 2. The minimum Gasteiger partial charge on any atom is -0.374 e. The molecule has 0 spiro atoms. The van der Waals surface area contributed by atoms with Crippen molar-refractivity contribution in [1.82, 2.24) is 10.6 Å². The summed E-state index contributed by atoms with van der Waals surface area (Å²) in [7, 11) is 0. The SMILES string of the molecule is CC(=O)NC[C@H]1OCCNCC1c1ccc(Cl)c(Cl)c1. The first-order valence-corrected chi connectivity index (χ1v) is 7.35. The molecule has 4 nitrogen and oxygen atoms in total. The molecule has 2 N–H and O–H groups in total. The third kappa shape index (κ3) is 4.09. The number of halogens is 2. The molecule has 20 heavy (non-hydrogen) atoms. The van der Waals surface area contributed by atoms with E-state index in [1.807, 2.05) is 12.1 Å². The van der Waals surface area contributed by atoms with Crippen molar-refractivity contribution in [1.29, 1.82) is 0 Å². The summed E-state index contributed by atoms with van der Waals surface area (Å²) in [6.45, 7) is 4.20. The molecule has 0 aromatic heterocycles. The maximum Gasteiger partial charge on any atom is 0.216 e. The van der Waals surface area contributed by atoms with Gasteiger partial charge in [-0.05, 0) is 17.7 Å². The Balaban J connectivity index is 2.18. The second-order valence-electron chi connectivity index (χ2n) is 4.83. The Labute approximate surface area is 128 Å². The molecule has 1 saturated heterocycles. The lowest BCUT2D eigenvalue weighted by atomic mass is 9.93. The van der Waals surface area contributed by atoms with Gasteiger partial charge in [-0.25, -0.2) is 0 Å². The molecule has 1 fully saturated rings. The fraction of sp³-hybridized carbons (Fsp3) is 0.500. The first-order chi connectivity index (χ1) is 9.58. The topological polar surface area (TPSA) is 50.4 Å². The number of nitrogens with one attached hydrogen (secondary N) is 2. The van der Waals surface area contributed by atoms with E-state index in [2.05, 4.69) is 10.6 Å². The maximum absolute atomic E-state index is 11.1. The number of ether oxygens (including phenoxy) is 1. The Morgan fingerprint density at radius 1 is 1.45 bits per heavy atom. The quantitative estimate of drug-likeness (QED) is 0.899. The molecule has 0 radical (unpaired) electrons. The molecule has 1 aromatic rings. The maximum atomic E-state index is 11.1. The predicted octanol–water partition coefficient (Wildman–Crippen LogP) is 2.20. The van der Waals surface area contributed by atoms with Crippen LogP contribution in [0.4, 0.5) is 0 Å². The lowest BCUT2D eigenvalue weighted by Gasteiger charge is -2.25. The fourth-order valence-corrected chi connectivity index (χ4v) is 2.62. The standard InChI is InChI=1S/C14H18Cl2N2O2/c1-9(19)18-8-14-11(7-17-4-5-20-14)10-2-3-12(15)13(16)6-10/h2-3,6,11,14,17H,4-5,7-8H2,1H3,(H,18,19)/t11?,14-/m1/s1. The van der Waals surface area contributed by atoms with Crippen LogP contribution in [0.25, 0.3) is 0 Å². The molecule has 1 aromatic carbocycles. The van der Waals surface area contributed by atoms with Crippen LogP contribution in [0.3, 0.4) is 0 Å². The van der Waals surface area contributed by atoms with Gasteiger partial charge in [-0.15, -0.1) is 0 Å². The van der Waals surface area contributed by atoms with Crippen LogP contribution in [0, 0.1) is 0 Å². The van der Waals surface area contributed by atoms with Gasteiger partial charge < -0.3 is 15.4 Å². The van der Waals surface area contributed by atoms with Crippen molar-refractivity contribution in [3.05, 3.63) is 33.8 Å². The predicted molar refractivity (Wildman–Crippen MR) is 80.5 cm³/mol. The van der Waals surface area contributed by atoms with E-state index < -0.39 is 0 Å². The largest absolute Gasteiger partial charge is 0.374 e. The number of rotatable bonds is 3. The van der Waals surface area contributed by atoms with Gasteiger partial charge in [-0.2, -0.15) is 0 Å². The highest BCUT2D eigenvalue weighted by molar-refractivity contribution is 6.42. The monoisotopic (exact) mass is 316 g/mol. The zero-order valence-electron chi connectivity index (χ0n) is 11.3. The van der Waals surface area contributed by atoms with Crippen molar-refractivity contribution in [2.45, 2.75) is 18.9 Å². The third-order valence-corrected chi connectivity index (χ3v) is 4.09. The molecule has 1 unspecified atom stereocenters. The van der Waals surface area contributed by atoms with Crippen LogP contribution in [0.5, 0.6) is 0 Å². The summed E-state index contributed by atoms with van der Waals surface area (Å²) in [5.74, 6) is 0.0674. The highest BCUT2D eigenvalue weighted by Gasteiger charge is 2.26. The van der Waals surface area contributed by atoms with Gasteiger partial charge in [0.25, 0.3) is 0 Å². The molecular weight excluding hydrogens is 299 g/mol. The fourth-order valence-electron chi connectivity index (χ4n) is 2.31. The van der Waals surface area contributed by atoms with E-state index in [4.69, 9.17) is 27.9 Å². The highest BCUT2D eigenvalue weighted by atomic mass is 35.5. The van der Waals surface area contributed by atoms with Crippen LogP contribution in [0.15, 0.2) is 18.2 Å². The summed E-state index contributed by atoms with van der Waals surface area (Å²) in [4.78, 5) is 11.1. The summed E-state index contributed by atoms with van der Waals surface area (Å²) in [5.41, 5.74) is 1.06. The van der Waals surface area contributed by atoms with E-state index in [-0.39, 0.29) is 17.9 Å². The van der Waals surface area contributed by atoms with Crippen molar-refractivity contribution in [2.75, 3.05) is 26.2 Å². The van der Waals surface area contributed by atoms with Crippen LogP contribution in [-0.4, -0.2) is 38.3 Å². The van der Waals surface area contributed by atoms with E-state index in [0.29, 0.717) is 23.2 Å². The van der Waals surface area contributed by atoms with Crippen LogP contribution in [0.1, 0.15) is 18.4 Å². The second kappa shape index (κ2) is 7.27. The molecule has 2 rings (SSSR count). The number of amides is 1. The van der Waals surface area contributed by atoms with E-state index in [9.17, 15) is 4.79 Å². The van der Waals surface area contributed by atoms with Crippen molar-refractivity contribution < 1.29 is 9.53 Å². The summed E-state index contributed by atoms with van der Waals surface area (Å²) < 4.78 is 5.84. The van der Waals surface area contributed by atoms with Crippen LogP contribution < -0.4 is 10.6 Å². The molecular formula is C14H18Cl2N2O2. The van der Waals surface area contributed by atoms with E-state index >= 15 is 0 Å². The zero-order chi connectivity index (χ0) is 14.5. The molecule has 6 heteroatoms. The molecule has 0 bridgehead atoms. The minimum absolute atomic E-state index is 0.0568. The number of benzene rings is 1. The van der Waals surface area contributed by atoms with Gasteiger partial charge in [0.05, 0.1) is 22.8 Å². The van der Waals surface area contributed by atoms with Crippen molar-refractivity contribution in [2.24, 2.45) is 0 Å². The summed E-state index contributed by atoms with van der Waals surface area (Å²) >= 11 is 12.0. The summed E-state index contributed by atoms with van der Waals surface area (Å²) in [6, 6.07) is 5.61. The van der Waals surface area contributed by atoms with Gasteiger partial charge in [-0.1, -0.05) is 29.3 Å². The van der Waals surface area contributed by atoms with Gasteiger partial charge in [-0.3, -0.25) is 4.79 Å². The molecule has 1 amide bonds. The van der Waals surface area contributed by atoms with E-state index in [0.717, 1.165) is 18.7 Å². The lowest BCUT2D eigenvalue weighted by molar-refractivity contribution is -0.119. The second-order valence-corrected chi connectivity index (χ2v) is 5.64. The molecule has 1 aliphatic heterocycles. The number of hydrogen-bond acceptors (Lipinski definition) is 3. The van der Waals surface area contributed by atoms with E-state index in [1.54, 1.807) is 6.07 Å². The molecule has 0 saturated carbocycles. The van der Waals surface area contributed by atoms with Gasteiger partial charge in [0, 0.05) is 32.5 Å². The Morgan fingerprint density at radius 2 is 2.25 bits per heavy atom. The van der Waals surface area contributed by atoms with Crippen molar-refractivity contribution in [3.63, 3.8) is 0 Å². The first-order valence-electron chi connectivity index (χ1n) is 6.59. The molecule has 1 aliphatic rings. The van der Waals surface area contributed by atoms with Crippen LogP contribution in [0.2, 0.25) is 10.0 Å². The van der Waals surface area contributed by atoms with Crippen LogP contribution >= 0.6 is 23.2 Å². The van der Waals surface area contributed by atoms with Crippen molar-refractivity contribution in [3.8, 4) is 0 Å². The highest BCUT2D eigenvalue weighted by Crippen LogP contribution is 2.29. The lowest BCUT2D eigenvalue weighted by Crippen LogP contribution is -2.37. The Morgan fingerprint density at radius 3 is 2.95 bits per heavy atom. The zero-order valence-corrected chi connectivity index (χ0v) is 12.8.